The Morgan fingerprint density at radius 3 is 2.57 bits per heavy atom. The number of hydrogen-bond acceptors (Lipinski definition) is 6. The molecule has 4 rings (SSSR count). The number of fused-ring (bicyclic) bond motifs is 1. The maximum atomic E-state index is 11.4. The molecular formula is C22H25NO5. The molecule has 28 heavy (non-hydrogen) atoms. The van der Waals surface area contributed by atoms with Crippen LogP contribution in [0, 0.1) is 0 Å². The Morgan fingerprint density at radius 2 is 1.79 bits per heavy atom. The molecule has 2 atom stereocenters. The molecule has 0 N–H and O–H groups in total. The smallest absolute Gasteiger partial charge is 0.305 e. The fourth-order valence-electron chi connectivity index (χ4n) is 3.71. The lowest BCUT2D eigenvalue weighted by Crippen LogP contribution is -2.40. The predicted molar refractivity (Wildman–Crippen MR) is 103 cm³/mol. The molecule has 2 aromatic rings. The average Bonchev–Trinajstić information content (AvgIpc) is 3.22. The molecule has 0 unspecified atom stereocenters. The van der Waals surface area contributed by atoms with Gasteiger partial charge in [-0.15, -0.1) is 0 Å². The first-order valence-electron chi connectivity index (χ1n) is 9.62. The first-order chi connectivity index (χ1) is 13.7. The van der Waals surface area contributed by atoms with E-state index in [2.05, 4.69) is 17.0 Å². The molecule has 0 spiro atoms. The highest BCUT2D eigenvalue weighted by atomic mass is 16.7. The van der Waals surface area contributed by atoms with E-state index in [1.165, 1.54) is 7.11 Å². The van der Waals surface area contributed by atoms with Gasteiger partial charge in [0.1, 0.15) is 0 Å². The zero-order valence-electron chi connectivity index (χ0n) is 16.0. The topological polar surface area (TPSA) is 57.2 Å². The van der Waals surface area contributed by atoms with Gasteiger partial charge in [0.2, 0.25) is 6.79 Å². The zero-order chi connectivity index (χ0) is 19.3. The Balaban J connectivity index is 1.50. The van der Waals surface area contributed by atoms with Crippen LogP contribution in [-0.2, 0) is 14.3 Å². The molecule has 1 fully saturated rings. The third-order valence-corrected chi connectivity index (χ3v) is 5.20. The maximum absolute atomic E-state index is 11.4. The highest BCUT2D eigenvalue weighted by Gasteiger charge is 2.30. The quantitative estimate of drug-likeness (QED) is 0.712. The third kappa shape index (κ3) is 4.29. The molecule has 0 saturated carbocycles. The normalized spacial score (nSPS) is 21.5. The van der Waals surface area contributed by atoms with Gasteiger partial charge in [0, 0.05) is 19.5 Å². The minimum atomic E-state index is -0.166. The standard InChI is InChI=1S/C22H25NO5/c1-25-22(24)8-5-11-23-13-20(16-6-3-2-4-7-16)28-21(14-23)17-9-10-18-19(12-17)27-15-26-18/h2-4,6-7,9-10,12,20-21H,5,8,11,13-15H2,1H3/t20-,21+/m0/s1. The summed E-state index contributed by atoms with van der Waals surface area (Å²) in [5.41, 5.74) is 2.23. The number of nitrogens with zero attached hydrogens (tertiary/aromatic N) is 1. The van der Waals surface area contributed by atoms with Gasteiger partial charge in [0.05, 0.1) is 19.3 Å². The van der Waals surface area contributed by atoms with Crippen LogP contribution >= 0.6 is 0 Å². The van der Waals surface area contributed by atoms with Gasteiger partial charge in [0.25, 0.3) is 0 Å². The van der Waals surface area contributed by atoms with Gasteiger partial charge in [-0.1, -0.05) is 36.4 Å². The van der Waals surface area contributed by atoms with Crippen molar-refractivity contribution in [3.05, 3.63) is 59.7 Å². The number of morpholine rings is 1. The second-order valence-electron chi connectivity index (χ2n) is 7.08. The average molecular weight is 383 g/mol. The van der Waals surface area contributed by atoms with Crippen molar-refractivity contribution in [3.8, 4) is 11.5 Å². The van der Waals surface area contributed by atoms with E-state index in [1.807, 2.05) is 36.4 Å². The summed E-state index contributed by atoms with van der Waals surface area (Å²) in [5.74, 6) is 1.37. The number of rotatable bonds is 6. The van der Waals surface area contributed by atoms with Gasteiger partial charge in [0.15, 0.2) is 11.5 Å². The SMILES string of the molecule is COC(=O)CCCN1C[C@@H](c2ccccc2)O[C@@H](c2ccc3c(c2)OCO3)C1. The van der Waals surface area contributed by atoms with Gasteiger partial charge in [-0.2, -0.15) is 0 Å². The molecule has 2 aromatic carbocycles. The Morgan fingerprint density at radius 1 is 1.04 bits per heavy atom. The fourth-order valence-corrected chi connectivity index (χ4v) is 3.71. The van der Waals surface area contributed by atoms with Crippen molar-refractivity contribution in [2.75, 3.05) is 33.5 Å². The van der Waals surface area contributed by atoms with Crippen molar-refractivity contribution < 1.29 is 23.7 Å². The van der Waals surface area contributed by atoms with Crippen molar-refractivity contribution in [3.63, 3.8) is 0 Å². The van der Waals surface area contributed by atoms with Gasteiger partial charge < -0.3 is 18.9 Å². The van der Waals surface area contributed by atoms with Crippen LogP contribution in [0.25, 0.3) is 0 Å². The number of ether oxygens (including phenoxy) is 4. The molecule has 2 aliphatic heterocycles. The molecule has 0 amide bonds. The molecule has 6 nitrogen and oxygen atoms in total. The first kappa shape index (κ1) is 18.8. The summed E-state index contributed by atoms with van der Waals surface area (Å²) < 4.78 is 22.2. The van der Waals surface area contributed by atoms with Crippen LogP contribution in [0.1, 0.15) is 36.2 Å². The van der Waals surface area contributed by atoms with Crippen molar-refractivity contribution in [1.82, 2.24) is 4.90 Å². The Labute approximate surface area is 165 Å². The van der Waals surface area contributed by atoms with Crippen LogP contribution < -0.4 is 9.47 Å². The number of esters is 1. The lowest BCUT2D eigenvalue weighted by atomic mass is 10.0. The second-order valence-corrected chi connectivity index (χ2v) is 7.08. The van der Waals surface area contributed by atoms with E-state index >= 15 is 0 Å². The number of hydrogen-bond donors (Lipinski definition) is 0. The van der Waals surface area contributed by atoms with E-state index < -0.39 is 0 Å². The number of carbonyl (C=O) groups is 1. The van der Waals surface area contributed by atoms with Gasteiger partial charge in [-0.05, 0) is 36.2 Å². The van der Waals surface area contributed by atoms with E-state index in [0.717, 1.165) is 48.7 Å². The molecule has 0 aromatic heterocycles. The van der Waals surface area contributed by atoms with E-state index in [0.29, 0.717) is 6.42 Å². The van der Waals surface area contributed by atoms with Crippen molar-refractivity contribution >= 4 is 5.97 Å². The number of carbonyl (C=O) groups excluding carboxylic acids is 1. The zero-order valence-corrected chi connectivity index (χ0v) is 16.0. The van der Waals surface area contributed by atoms with E-state index in [1.54, 1.807) is 0 Å². The van der Waals surface area contributed by atoms with Gasteiger partial charge >= 0.3 is 5.97 Å². The van der Waals surface area contributed by atoms with Gasteiger partial charge in [-0.3, -0.25) is 9.69 Å². The van der Waals surface area contributed by atoms with Gasteiger partial charge in [-0.25, -0.2) is 0 Å². The van der Waals surface area contributed by atoms with Crippen LogP contribution in [-0.4, -0.2) is 44.4 Å². The first-order valence-corrected chi connectivity index (χ1v) is 9.62. The van der Waals surface area contributed by atoms with Crippen molar-refractivity contribution in [1.29, 1.82) is 0 Å². The molecule has 148 valence electrons. The minimum Gasteiger partial charge on any atom is -0.469 e. The van der Waals surface area contributed by atoms with E-state index in [4.69, 9.17) is 18.9 Å². The van der Waals surface area contributed by atoms with Crippen molar-refractivity contribution in [2.24, 2.45) is 0 Å². The maximum Gasteiger partial charge on any atom is 0.305 e. The Bertz CT molecular complexity index is 810. The molecule has 1 saturated heterocycles. The highest BCUT2D eigenvalue weighted by molar-refractivity contribution is 5.69. The predicted octanol–water partition coefficient (Wildman–Crippen LogP) is 3.48. The number of benzene rings is 2. The van der Waals surface area contributed by atoms with Crippen LogP contribution in [0.5, 0.6) is 11.5 Å². The van der Waals surface area contributed by atoms with E-state index in [9.17, 15) is 4.79 Å². The third-order valence-electron chi connectivity index (χ3n) is 5.20. The summed E-state index contributed by atoms with van der Waals surface area (Å²) in [6.07, 6.45) is 1.09. The summed E-state index contributed by atoms with van der Waals surface area (Å²) in [6.45, 7) is 2.65. The van der Waals surface area contributed by atoms with Crippen LogP contribution in [0.2, 0.25) is 0 Å². The Hall–Kier alpha value is -2.57. The molecule has 2 aliphatic rings. The van der Waals surface area contributed by atoms with E-state index in [-0.39, 0.29) is 25.0 Å². The summed E-state index contributed by atoms with van der Waals surface area (Å²) in [4.78, 5) is 13.8. The minimum absolute atomic E-state index is 0.0245. The molecular weight excluding hydrogens is 358 g/mol. The fraction of sp³-hybridized carbons (Fsp3) is 0.409. The molecule has 0 radical (unpaired) electrons. The second kappa shape index (κ2) is 8.63. The van der Waals surface area contributed by atoms with Crippen LogP contribution in [0.3, 0.4) is 0 Å². The highest BCUT2D eigenvalue weighted by Crippen LogP contribution is 2.38. The molecule has 6 heteroatoms. The summed E-state index contributed by atoms with van der Waals surface area (Å²) in [7, 11) is 1.43. The summed E-state index contributed by atoms with van der Waals surface area (Å²) in [5, 5.41) is 0. The lowest BCUT2D eigenvalue weighted by Gasteiger charge is -2.38. The summed E-state index contributed by atoms with van der Waals surface area (Å²) in [6, 6.07) is 16.3. The van der Waals surface area contributed by atoms with Crippen LogP contribution in [0.15, 0.2) is 48.5 Å². The number of methoxy groups -OCH3 is 1. The Kier molecular flexibility index (Phi) is 5.78. The van der Waals surface area contributed by atoms with Crippen LogP contribution in [0.4, 0.5) is 0 Å². The molecule has 2 heterocycles. The molecule has 0 aliphatic carbocycles. The summed E-state index contributed by atoms with van der Waals surface area (Å²) >= 11 is 0. The monoisotopic (exact) mass is 383 g/mol. The van der Waals surface area contributed by atoms with Crippen molar-refractivity contribution in [2.45, 2.75) is 25.0 Å². The molecule has 0 bridgehead atoms. The largest absolute Gasteiger partial charge is 0.469 e. The lowest BCUT2D eigenvalue weighted by molar-refractivity contribution is -0.141.